The lowest BCUT2D eigenvalue weighted by Gasteiger charge is -2.10. The van der Waals surface area contributed by atoms with Gasteiger partial charge in [0.2, 0.25) is 0 Å². The predicted octanol–water partition coefficient (Wildman–Crippen LogP) is 4.33. The van der Waals surface area contributed by atoms with E-state index in [0.29, 0.717) is 11.4 Å². The van der Waals surface area contributed by atoms with Gasteiger partial charge < -0.3 is 10.5 Å². The normalized spacial score (nSPS) is 10.3. The van der Waals surface area contributed by atoms with E-state index in [1.165, 1.54) is 0 Å². The number of nitrogen functional groups attached to an aromatic ring is 1. The van der Waals surface area contributed by atoms with Crippen molar-refractivity contribution >= 4 is 17.3 Å². The van der Waals surface area contributed by atoms with E-state index >= 15 is 0 Å². The smallest absolute Gasteiger partial charge is 0.150 e. The van der Waals surface area contributed by atoms with E-state index in [1.54, 1.807) is 0 Å². The number of rotatable bonds is 2. The Bertz CT molecular complexity index is 552. The quantitative estimate of drug-likeness (QED) is 0.802. The topological polar surface area (TPSA) is 35.2 Å². The molecule has 0 spiro atoms. The number of benzene rings is 2. The maximum atomic E-state index is 5.96. The highest BCUT2D eigenvalue weighted by molar-refractivity contribution is 6.31. The Morgan fingerprint density at radius 1 is 1.06 bits per heavy atom. The summed E-state index contributed by atoms with van der Waals surface area (Å²) in [6, 6.07) is 11.3. The lowest BCUT2D eigenvalue weighted by Crippen LogP contribution is -1.93. The summed E-state index contributed by atoms with van der Waals surface area (Å²) in [5.74, 6) is 1.40. The van der Waals surface area contributed by atoms with Crippen LogP contribution >= 0.6 is 11.6 Å². The molecule has 0 saturated carbocycles. The van der Waals surface area contributed by atoms with Gasteiger partial charge in [0.25, 0.3) is 0 Å². The molecule has 0 radical (unpaired) electrons. The number of hydrogen-bond donors (Lipinski definition) is 1. The van der Waals surface area contributed by atoms with Gasteiger partial charge in [-0.1, -0.05) is 17.7 Å². The van der Waals surface area contributed by atoms with Crippen molar-refractivity contribution in [1.82, 2.24) is 0 Å². The molecule has 2 rings (SSSR count). The number of anilines is 1. The molecule has 0 heterocycles. The summed E-state index contributed by atoms with van der Waals surface area (Å²) in [7, 11) is 0. The molecule has 0 atom stereocenters. The summed E-state index contributed by atoms with van der Waals surface area (Å²) in [6.07, 6.45) is 0. The van der Waals surface area contributed by atoms with Crippen molar-refractivity contribution in [3.8, 4) is 11.5 Å². The van der Waals surface area contributed by atoms with Gasteiger partial charge in [0.1, 0.15) is 11.5 Å². The van der Waals surface area contributed by atoms with Gasteiger partial charge >= 0.3 is 0 Å². The summed E-state index contributed by atoms with van der Waals surface area (Å²) < 4.78 is 5.72. The van der Waals surface area contributed by atoms with Crippen LogP contribution in [0.25, 0.3) is 0 Å². The van der Waals surface area contributed by atoms with Crippen LogP contribution in [0.15, 0.2) is 36.4 Å². The average molecular weight is 248 g/mol. The molecule has 0 saturated heterocycles. The molecule has 88 valence electrons. The summed E-state index contributed by atoms with van der Waals surface area (Å²) in [6.45, 7) is 3.93. The highest BCUT2D eigenvalue weighted by Gasteiger charge is 2.03. The molecular weight excluding hydrogens is 234 g/mol. The first-order valence-corrected chi connectivity index (χ1v) is 5.74. The molecular formula is C14H14ClNO. The van der Waals surface area contributed by atoms with Crippen LogP contribution < -0.4 is 10.5 Å². The van der Waals surface area contributed by atoms with Crippen LogP contribution in [0.5, 0.6) is 11.5 Å². The number of hydrogen-bond acceptors (Lipinski definition) is 2. The lowest BCUT2D eigenvalue weighted by molar-refractivity contribution is 0.484. The van der Waals surface area contributed by atoms with Gasteiger partial charge in [-0.15, -0.1) is 0 Å². The molecule has 0 aliphatic carbocycles. The first-order chi connectivity index (χ1) is 8.06. The Morgan fingerprint density at radius 2 is 1.82 bits per heavy atom. The second-order valence-corrected chi connectivity index (χ2v) is 4.46. The number of aryl methyl sites for hydroxylation is 2. The van der Waals surface area contributed by atoms with E-state index in [-0.39, 0.29) is 0 Å². The zero-order chi connectivity index (χ0) is 12.4. The van der Waals surface area contributed by atoms with Crippen LogP contribution in [0.1, 0.15) is 11.1 Å². The maximum Gasteiger partial charge on any atom is 0.150 e. The standard InChI is InChI=1S/C14H14ClNO/c1-9-3-6-14(13(16)7-9)17-11-4-5-12(15)10(2)8-11/h3-8H,16H2,1-2H3. The Labute approximate surface area is 106 Å². The predicted molar refractivity (Wildman–Crippen MR) is 71.9 cm³/mol. The summed E-state index contributed by atoms with van der Waals surface area (Å²) in [5, 5.41) is 0.731. The Hall–Kier alpha value is -1.67. The van der Waals surface area contributed by atoms with E-state index in [9.17, 15) is 0 Å². The van der Waals surface area contributed by atoms with Crippen molar-refractivity contribution in [2.24, 2.45) is 0 Å². The molecule has 0 fully saturated rings. The van der Waals surface area contributed by atoms with E-state index in [0.717, 1.165) is 21.9 Å². The van der Waals surface area contributed by atoms with Gasteiger partial charge in [0.05, 0.1) is 5.69 Å². The third kappa shape index (κ3) is 2.71. The van der Waals surface area contributed by atoms with Crippen molar-refractivity contribution in [3.05, 3.63) is 52.5 Å². The minimum atomic E-state index is 0.637. The molecule has 0 amide bonds. The fourth-order valence-corrected chi connectivity index (χ4v) is 1.69. The Kier molecular flexibility index (Phi) is 3.25. The molecule has 2 aromatic rings. The molecule has 2 nitrogen and oxygen atoms in total. The first-order valence-electron chi connectivity index (χ1n) is 5.36. The first kappa shape index (κ1) is 11.8. The molecule has 2 N–H and O–H groups in total. The second-order valence-electron chi connectivity index (χ2n) is 4.05. The lowest BCUT2D eigenvalue weighted by atomic mass is 10.2. The van der Waals surface area contributed by atoms with Crippen molar-refractivity contribution < 1.29 is 4.74 Å². The maximum absolute atomic E-state index is 5.96. The highest BCUT2D eigenvalue weighted by Crippen LogP contribution is 2.30. The van der Waals surface area contributed by atoms with Crippen LogP contribution in [0.3, 0.4) is 0 Å². The van der Waals surface area contributed by atoms with Gasteiger partial charge in [-0.05, 0) is 55.3 Å². The van der Waals surface area contributed by atoms with Crippen LogP contribution in [-0.4, -0.2) is 0 Å². The molecule has 17 heavy (non-hydrogen) atoms. The third-order valence-corrected chi connectivity index (χ3v) is 2.95. The van der Waals surface area contributed by atoms with Gasteiger partial charge in [0.15, 0.2) is 0 Å². The van der Waals surface area contributed by atoms with E-state index in [2.05, 4.69) is 0 Å². The fraction of sp³-hybridized carbons (Fsp3) is 0.143. The Morgan fingerprint density at radius 3 is 2.47 bits per heavy atom. The number of ether oxygens (including phenoxy) is 1. The van der Waals surface area contributed by atoms with Gasteiger partial charge in [-0.3, -0.25) is 0 Å². The third-order valence-electron chi connectivity index (χ3n) is 2.52. The number of nitrogens with two attached hydrogens (primary N) is 1. The SMILES string of the molecule is Cc1ccc(Oc2ccc(Cl)c(C)c2)c(N)c1. The summed E-state index contributed by atoms with van der Waals surface area (Å²) in [4.78, 5) is 0. The van der Waals surface area contributed by atoms with Gasteiger partial charge in [-0.2, -0.15) is 0 Å². The molecule has 0 unspecified atom stereocenters. The molecule has 0 aliphatic rings. The largest absolute Gasteiger partial charge is 0.455 e. The van der Waals surface area contributed by atoms with Crippen LogP contribution in [0.4, 0.5) is 5.69 Å². The van der Waals surface area contributed by atoms with Crippen LogP contribution in [-0.2, 0) is 0 Å². The second kappa shape index (κ2) is 4.68. The molecule has 0 aromatic heterocycles. The molecule has 0 aliphatic heterocycles. The van der Waals surface area contributed by atoms with Crippen LogP contribution in [0, 0.1) is 13.8 Å². The van der Waals surface area contributed by atoms with Crippen molar-refractivity contribution in [3.63, 3.8) is 0 Å². The van der Waals surface area contributed by atoms with Crippen molar-refractivity contribution in [2.75, 3.05) is 5.73 Å². The Balaban J connectivity index is 2.28. The minimum Gasteiger partial charge on any atom is -0.455 e. The number of halogens is 1. The average Bonchev–Trinajstić information content (AvgIpc) is 2.27. The van der Waals surface area contributed by atoms with Crippen molar-refractivity contribution in [1.29, 1.82) is 0 Å². The molecule has 3 heteroatoms. The molecule has 2 aromatic carbocycles. The van der Waals surface area contributed by atoms with Gasteiger partial charge in [-0.25, -0.2) is 0 Å². The van der Waals surface area contributed by atoms with Crippen LogP contribution in [0.2, 0.25) is 5.02 Å². The summed E-state index contributed by atoms with van der Waals surface area (Å²) >= 11 is 5.96. The fourth-order valence-electron chi connectivity index (χ4n) is 1.57. The van der Waals surface area contributed by atoms with Gasteiger partial charge in [0, 0.05) is 5.02 Å². The monoisotopic (exact) mass is 247 g/mol. The highest BCUT2D eigenvalue weighted by atomic mass is 35.5. The van der Waals surface area contributed by atoms with Crippen molar-refractivity contribution in [2.45, 2.75) is 13.8 Å². The zero-order valence-electron chi connectivity index (χ0n) is 9.83. The summed E-state index contributed by atoms with van der Waals surface area (Å²) in [5.41, 5.74) is 8.62. The zero-order valence-corrected chi connectivity index (χ0v) is 10.6. The van der Waals surface area contributed by atoms with E-state index in [4.69, 9.17) is 22.1 Å². The minimum absolute atomic E-state index is 0.637. The van der Waals surface area contributed by atoms with E-state index in [1.807, 2.05) is 50.2 Å². The van der Waals surface area contributed by atoms with E-state index < -0.39 is 0 Å². The molecule has 0 bridgehead atoms.